The van der Waals surface area contributed by atoms with Crippen LogP contribution in [0.5, 0.6) is 11.5 Å². The van der Waals surface area contributed by atoms with E-state index in [9.17, 15) is 9.18 Å². The Balaban J connectivity index is 2.43. The first kappa shape index (κ1) is 16.3. The van der Waals surface area contributed by atoms with Crippen LogP contribution in [-0.4, -0.2) is 11.1 Å². The highest BCUT2D eigenvalue weighted by atomic mass is 79.9. The standard InChI is InChI=1S/C15H8BrClFNO3/c16-12-2-1-9(5-13(20)21)14(18)15(12)22-11-4-8(7-19)3-10(17)6-11/h1-4,6H,5H2,(H,20,21). The molecule has 0 saturated heterocycles. The van der Waals surface area contributed by atoms with Crippen molar-refractivity contribution in [2.24, 2.45) is 0 Å². The maximum absolute atomic E-state index is 14.3. The molecule has 2 aromatic carbocycles. The highest BCUT2D eigenvalue weighted by Crippen LogP contribution is 2.35. The first-order valence-corrected chi connectivity index (χ1v) is 7.15. The molecule has 4 nitrogen and oxygen atoms in total. The van der Waals surface area contributed by atoms with Gasteiger partial charge in [-0.05, 0) is 40.2 Å². The van der Waals surface area contributed by atoms with Gasteiger partial charge in [-0.15, -0.1) is 0 Å². The average Bonchev–Trinajstić information content (AvgIpc) is 2.45. The maximum atomic E-state index is 14.3. The van der Waals surface area contributed by atoms with E-state index < -0.39 is 18.2 Å². The minimum Gasteiger partial charge on any atom is -0.481 e. The fourth-order valence-electron chi connectivity index (χ4n) is 1.77. The van der Waals surface area contributed by atoms with E-state index in [4.69, 9.17) is 26.7 Å². The lowest BCUT2D eigenvalue weighted by atomic mass is 10.1. The molecule has 0 heterocycles. The highest BCUT2D eigenvalue weighted by Gasteiger charge is 2.17. The zero-order valence-corrected chi connectivity index (χ0v) is 13.3. The zero-order chi connectivity index (χ0) is 16.3. The van der Waals surface area contributed by atoms with Gasteiger partial charge >= 0.3 is 5.97 Å². The Bertz CT molecular complexity index is 789. The fraction of sp³-hybridized carbons (Fsp3) is 0.0667. The predicted octanol–water partition coefficient (Wildman–Crippen LogP) is 4.53. The highest BCUT2D eigenvalue weighted by molar-refractivity contribution is 9.10. The molecule has 0 atom stereocenters. The summed E-state index contributed by atoms with van der Waals surface area (Å²) in [4.78, 5) is 10.7. The second kappa shape index (κ2) is 6.77. The predicted molar refractivity (Wildman–Crippen MR) is 81.7 cm³/mol. The molecule has 1 N–H and O–H groups in total. The molecule has 0 aromatic heterocycles. The lowest BCUT2D eigenvalue weighted by Gasteiger charge is -2.12. The Labute approximate surface area is 138 Å². The molecule has 0 spiro atoms. The van der Waals surface area contributed by atoms with Gasteiger partial charge in [0.15, 0.2) is 11.6 Å². The molecule has 0 aliphatic heterocycles. The summed E-state index contributed by atoms with van der Waals surface area (Å²) in [5.74, 6) is -1.92. The number of carbonyl (C=O) groups is 1. The molecule has 0 aliphatic carbocycles. The third-order valence-corrected chi connectivity index (χ3v) is 3.53. The van der Waals surface area contributed by atoms with Gasteiger partial charge in [0.25, 0.3) is 0 Å². The van der Waals surface area contributed by atoms with Gasteiger partial charge in [-0.3, -0.25) is 4.79 Å². The molecule has 2 aromatic rings. The van der Waals surface area contributed by atoms with Crippen molar-refractivity contribution in [3.8, 4) is 17.6 Å². The van der Waals surface area contributed by atoms with Crippen LogP contribution in [0.25, 0.3) is 0 Å². The van der Waals surface area contributed by atoms with Gasteiger partial charge in [0.2, 0.25) is 0 Å². The molecule has 0 saturated carbocycles. The van der Waals surface area contributed by atoms with Gasteiger partial charge < -0.3 is 9.84 Å². The number of nitrogens with zero attached hydrogens (tertiary/aromatic N) is 1. The largest absolute Gasteiger partial charge is 0.481 e. The number of carboxylic acids is 1. The number of nitriles is 1. The number of hydrogen-bond donors (Lipinski definition) is 1. The van der Waals surface area contributed by atoms with Gasteiger partial charge in [0.1, 0.15) is 5.75 Å². The van der Waals surface area contributed by atoms with E-state index in [2.05, 4.69) is 15.9 Å². The van der Waals surface area contributed by atoms with Crippen LogP contribution in [0.1, 0.15) is 11.1 Å². The summed E-state index contributed by atoms with van der Waals surface area (Å²) < 4.78 is 20.1. The number of hydrogen-bond acceptors (Lipinski definition) is 3. The Kier molecular flexibility index (Phi) is 5.01. The zero-order valence-electron chi connectivity index (χ0n) is 10.9. The van der Waals surface area contributed by atoms with Crippen molar-refractivity contribution in [1.82, 2.24) is 0 Å². The van der Waals surface area contributed by atoms with Crippen molar-refractivity contribution in [1.29, 1.82) is 5.26 Å². The summed E-state index contributed by atoms with van der Waals surface area (Å²) >= 11 is 9.01. The van der Waals surface area contributed by atoms with Gasteiger partial charge in [0, 0.05) is 10.6 Å². The van der Waals surface area contributed by atoms with E-state index in [1.807, 2.05) is 6.07 Å². The van der Waals surface area contributed by atoms with Crippen LogP contribution in [-0.2, 0) is 11.2 Å². The van der Waals surface area contributed by atoms with E-state index in [1.54, 1.807) is 0 Å². The number of aliphatic carboxylic acids is 1. The van der Waals surface area contributed by atoms with Gasteiger partial charge in [-0.1, -0.05) is 17.7 Å². The van der Waals surface area contributed by atoms with Crippen LogP contribution in [0.4, 0.5) is 4.39 Å². The monoisotopic (exact) mass is 383 g/mol. The van der Waals surface area contributed by atoms with E-state index >= 15 is 0 Å². The van der Waals surface area contributed by atoms with Crippen molar-refractivity contribution >= 4 is 33.5 Å². The molecule has 0 radical (unpaired) electrons. The minimum atomic E-state index is -1.15. The third-order valence-electron chi connectivity index (χ3n) is 2.69. The molecule has 0 aliphatic rings. The summed E-state index contributed by atoms with van der Waals surface area (Å²) in [6.45, 7) is 0. The molecule has 7 heteroatoms. The first-order chi connectivity index (χ1) is 10.4. The normalized spacial score (nSPS) is 10.1. The minimum absolute atomic E-state index is 0.00626. The molecule has 0 amide bonds. The number of benzene rings is 2. The van der Waals surface area contributed by atoms with E-state index in [1.165, 1.54) is 30.3 Å². The molecular formula is C15H8BrClFNO3. The van der Waals surface area contributed by atoms with Crippen molar-refractivity contribution < 1.29 is 19.0 Å². The third kappa shape index (κ3) is 3.75. The second-order valence-electron chi connectivity index (χ2n) is 4.31. The van der Waals surface area contributed by atoms with Crippen LogP contribution >= 0.6 is 27.5 Å². The molecule has 112 valence electrons. The smallest absolute Gasteiger partial charge is 0.307 e. The lowest BCUT2D eigenvalue weighted by Crippen LogP contribution is -2.04. The Morgan fingerprint density at radius 3 is 2.77 bits per heavy atom. The molecule has 0 unspecified atom stereocenters. The van der Waals surface area contributed by atoms with Crippen LogP contribution < -0.4 is 4.74 Å². The van der Waals surface area contributed by atoms with Crippen molar-refractivity contribution in [2.75, 3.05) is 0 Å². The van der Waals surface area contributed by atoms with E-state index in [0.29, 0.717) is 4.47 Å². The summed E-state index contributed by atoms with van der Waals surface area (Å²) in [6.07, 6.45) is -0.464. The first-order valence-electron chi connectivity index (χ1n) is 5.98. The molecule has 22 heavy (non-hydrogen) atoms. The van der Waals surface area contributed by atoms with Crippen molar-refractivity contribution in [2.45, 2.75) is 6.42 Å². The SMILES string of the molecule is N#Cc1cc(Cl)cc(Oc2c(Br)ccc(CC(=O)O)c2F)c1. The Morgan fingerprint density at radius 1 is 1.41 bits per heavy atom. The molecule has 0 bridgehead atoms. The quantitative estimate of drug-likeness (QED) is 0.840. The molecule has 2 rings (SSSR count). The summed E-state index contributed by atoms with van der Waals surface area (Å²) in [5.41, 5.74) is 0.258. The van der Waals surface area contributed by atoms with Crippen molar-refractivity contribution in [3.05, 3.63) is 56.8 Å². The summed E-state index contributed by atoms with van der Waals surface area (Å²) in [5, 5.41) is 17.9. The Morgan fingerprint density at radius 2 is 2.14 bits per heavy atom. The van der Waals surface area contributed by atoms with E-state index in [0.717, 1.165) is 0 Å². The fourth-order valence-corrected chi connectivity index (χ4v) is 2.38. The van der Waals surface area contributed by atoms with Crippen LogP contribution in [0.3, 0.4) is 0 Å². The summed E-state index contributed by atoms with van der Waals surface area (Å²) in [6, 6.07) is 9.04. The van der Waals surface area contributed by atoms with E-state index in [-0.39, 0.29) is 27.6 Å². The number of halogens is 3. The molecule has 0 fully saturated rings. The second-order valence-corrected chi connectivity index (χ2v) is 5.60. The van der Waals surface area contributed by atoms with Crippen LogP contribution in [0.15, 0.2) is 34.8 Å². The number of carboxylic acid groups (broad SMARTS) is 1. The average molecular weight is 385 g/mol. The van der Waals surface area contributed by atoms with Gasteiger partial charge in [-0.2, -0.15) is 5.26 Å². The van der Waals surface area contributed by atoms with Crippen LogP contribution in [0.2, 0.25) is 5.02 Å². The van der Waals surface area contributed by atoms with Crippen molar-refractivity contribution in [3.63, 3.8) is 0 Å². The maximum Gasteiger partial charge on any atom is 0.307 e. The van der Waals surface area contributed by atoms with Gasteiger partial charge in [-0.25, -0.2) is 4.39 Å². The lowest BCUT2D eigenvalue weighted by molar-refractivity contribution is -0.136. The number of ether oxygens (including phenoxy) is 1. The van der Waals surface area contributed by atoms with Crippen LogP contribution in [0, 0.1) is 17.1 Å². The number of rotatable bonds is 4. The van der Waals surface area contributed by atoms with Gasteiger partial charge in [0.05, 0.1) is 22.5 Å². The Hall–Kier alpha value is -2.10. The molecular weight excluding hydrogens is 377 g/mol. The summed E-state index contributed by atoms with van der Waals surface area (Å²) in [7, 11) is 0. The topological polar surface area (TPSA) is 70.3 Å².